The second kappa shape index (κ2) is 11.0. The lowest BCUT2D eigenvalue weighted by Gasteiger charge is -2.46. The standard InChI is InChI=1S/C30H35BrF3NO4/c1-18(28(36)37-3)27(21-5-6-21)22-7-4-20-10-11-29(38-26(20)16-22)12-14-35(15-13-29)19(2)24-17-23(31)8-9-25(24)39-30(32,33)34/h4,7-9,16-19,21,27H,5-6,10-15H2,1-3H3. The fourth-order valence-corrected chi connectivity index (χ4v) is 6.79. The molecule has 1 spiro atoms. The number of esters is 1. The van der Waals surface area contributed by atoms with Gasteiger partial charge in [0.05, 0.1) is 13.0 Å². The van der Waals surface area contributed by atoms with E-state index in [0.717, 1.165) is 49.8 Å². The van der Waals surface area contributed by atoms with E-state index >= 15 is 0 Å². The van der Waals surface area contributed by atoms with Crippen LogP contribution in [0.1, 0.15) is 74.6 Å². The van der Waals surface area contributed by atoms with E-state index in [4.69, 9.17) is 9.47 Å². The summed E-state index contributed by atoms with van der Waals surface area (Å²) in [6.45, 7) is 5.28. The van der Waals surface area contributed by atoms with Gasteiger partial charge in [-0.2, -0.15) is 0 Å². The maximum Gasteiger partial charge on any atom is 0.573 e. The summed E-state index contributed by atoms with van der Waals surface area (Å²) in [6.07, 6.45) is 0.894. The van der Waals surface area contributed by atoms with Crippen molar-refractivity contribution in [3.63, 3.8) is 0 Å². The van der Waals surface area contributed by atoms with Crippen molar-refractivity contribution >= 4 is 21.9 Å². The minimum absolute atomic E-state index is 0.116. The van der Waals surface area contributed by atoms with Gasteiger partial charge in [-0.1, -0.05) is 35.0 Å². The van der Waals surface area contributed by atoms with E-state index in [0.29, 0.717) is 29.0 Å². The molecule has 5 nitrogen and oxygen atoms in total. The Morgan fingerprint density at radius 2 is 1.82 bits per heavy atom. The zero-order valence-electron chi connectivity index (χ0n) is 22.5. The highest BCUT2D eigenvalue weighted by Crippen LogP contribution is 2.49. The molecule has 0 bridgehead atoms. The third-order valence-corrected chi connectivity index (χ3v) is 9.29. The van der Waals surface area contributed by atoms with Crippen LogP contribution in [0.4, 0.5) is 13.2 Å². The highest BCUT2D eigenvalue weighted by molar-refractivity contribution is 9.10. The topological polar surface area (TPSA) is 48.0 Å². The predicted octanol–water partition coefficient (Wildman–Crippen LogP) is 7.57. The van der Waals surface area contributed by atoms with E-state index in [2.05, 4.69) is 43.8 Å². The minimum atomic E-state index is -4.75. The number of likely N-dealkylation sites (tertiary alicyclic amines) is 1. The molecule has 5 rings (SSSR count). The Morgan fingerprint density at radius 3 is 2.46 bits per heavy atom. The first kappa shape index (κ1) is 28.3. The molecule has 3 aliphatic rings. The number of carbonyl (C=O) groups is 1. The van der Waals surface area contributed by atoms with Gasteiger partial charge in [0.2, 0.25) is 0 Å². The average molecular weight is 611 g/mol. The second-order valence-corrected chi connectivity index (χ2v) is 12.2. The number of nitrogens with zero attached hydrogens (tertiary/aromatic N) is 1. The second-order valence-electron chi connectivity index (χ2n) is 11.3. The summed E-state index contributed by atoms with van der Waals surface area (Å²) >= 11 is 3.39. The van der Waals surface area contributed by atoms with E-state index in [-0.39, 0.29) is 35.2 Å². The van der Waals surface area contributed by atoms with Gasteiger partial charge in [-0.05, 0) is 92.7 Å². The highest BCUT2D eigenvalue weighted by atomic mass is 79.9. The van der Waals surface area contributed by atoms with E-state index < -0.39 is 6.36 Å². The number of aryl methyl sites for hydroxylation is 1. The SMILES string of the molecule is COC(=O)C(C)C(c1ccc2c(c1)OC1(CC2)CCN(C(C)c2cc(Br)ccc2OC(F)(F)F)CC1)C1CC1. The Bertz CT molecular complexity index is 1210. The third-order valence-electron chi connectivity index (χ3n) is 8.80. The molecule has 1 saturated carbocycles. The number of benzene rings is 2. The number of hydrogen-bond acceptors (Lipinski definition) is 5. The molecule has 9 heteroatoms. The number of piperidine rings is 1. The van der Waals surface area contributed by atoms with Gasteiger partial charge in [0, 0.05) is 29.2 Å². The highest BCUT2D eigenvalue weighted by Gasteiger charge is 2.43. The summed E-state index contributed by atoms with van der Waals surface area (Å²) in [7, 11) is 1.44. The number of fused-ring (bicyclic) bond motifs is 1. The van der Waals surface area contributed by atoms with Crippen LogP contribution >= 0.6 is 15.9 Å². The normalized spacial score (nSPS) is 21.4. The molecular formula is C30H35BrF3NO4. The monoisotopic (exact) mass is 609 g/mol. The first-order chi connectivity index (χ1) is 18.5. The molecule has 39 heavy (non-hydrogen) atoms. The van der Waals surface area contributed by atoms with Crippen LogP contribution in [0.2, 0.25) is 0 Å². The minimum Gasteiger partial charge on any atom is -0.487 e. The summed E-state index contributed by atoms with van der Waals surface area (Å²) in [6, 6.07) is 10.8. The zero-order chi connectivity index (χ0) is 27.9. The number of hydrogen-bond donors (Lipinski definition) is 0. The van der Waals surface area contributed by atoms with Gasteiger partial charge in [-0.15, -0.1) is 13.2 Å². The van der Waals surface area contributed by atoms with E-state index in [1.807, 2.05) is 13.8 Å². The lowest BCUT2D eigenvalue weighted by molar-refractivity contribution is -0.275. The average Bonchev–Trinajstić information content (AvgIpc) is 3.73. The van der Waals surface area contributed by atoms with Crippen molar-refractivity contribution in [1.82, 2.24) is 4.90 Å². The fraction of sp³-hybridized carbons (Fsp3) is 0.567. The molecule has 3 unspecified atom stereocenters. The Balaban J connectivity index is 1.30. The molecule has 2 heterocycles. The summed E-state index contributed by atoms with van der Waals surface area (Å²) in [4.78, 5) is 14.6. The Labute approximate surface area is 236 Å². The van der Waals surface area contributed by atoms with Gasteiger partial charge in [-0.3, -0.25) is 9.69 Å². The van der Waals surface area contributed by atoms with Gasteiger partial charge in [0.1, 0.15) is 17.1 Å². The van der Waals surface area contributed by atoms with Crippen molar-refractivity contribution in [1.29, 1.82) is 0 Å². The number of carbonyl (C=O) groups excluding carboxylic acids is 1. The van der Waals surface area contributed by atoms with Gasteiger partial charge in [0.25, 0.3) is 0 Å². The predicted molar refractivity (Wildman–Crippen MR) is 145 cm³/mol. The lowest BCUT2D eigenvalue weighted by Crippen LogP contribution is -2.50. The van der Waals surface area contributed by atoms with Gasteiger partial charge in [0.15, 0.2) is 0 Å². The largest absolute Gasteiger partial charge is 0.573 e. The van der Waals surface area contributed by atoms with E-state index in [1.54, 1.807) is 12.1 Å². The van der Waals surface area contributed by atoms with Crippen molar-refractivity contribution < 1.29 is 32.2 Å². The van der Waals surface area contributed by atoms with Crippen LogP contribution in [0.3, 0.4) is 0 Å². The lowest BCUT2D eigenvalue weighted by atomic mass is 9.80. The van der Waals surface area contributed by atoms with Gasteiger partial charge < -0.3 is 14.2 Å². The molecule has 2 fully saturated rings. The van der Waals surface area contributed by atoms with Crippen molar-refractivity contribution in [3.05, 3.63) is 57.6 Å². The molecule has 2 aromatic carbocycles. The number of rotatable bonds is 7. The summed E-state index contributed by atoms with van der Waals surface area (Å²) in [5, 5.41) is 0. The molecule has 0 N–H and O–H groups in total. The van der Waals surface area contributed by atoms with Gasteiger partial charge >= 0.3 is 12.3 Å². The number of alkyl halides is 3. The molecule has 1 aliphatic carbocycles. The van der Waals surface area contributed by atoms with Crippen LogP contribution in [0.15, 0.2) is 40.9 Å². The van der Waals surface area contributed by atoms with E-state index in [9.17, 15) is 18.0 Å². The fourth-order valence-electron chi connectivity index (χ4n) is 6.41. The first-order valence-electron chi connectivity index (χ1n) is 13.7. The Morgan fingerprint density at radius 1 is 1.10 bits per heavy atom. The van der Waals surface area contributed by atoms with Gasteiger partial charge in [-0.25, -0.2) is 0 Å². The van der Waals surface area contributed by atoms with Crippen LogP contribution < -0.4 is 9.47 Å². The molecular weight excluding hydrogens is 575 g/mol. The molecule has 0 radical (unpaired) electrons. The number of methoxy groups -OCH3 is 1. The third kappa shape index (κ3) is 6.24. The van der Waals surface area contributed by atoms with Crippen molar-refractivity contribution in [3.8, 4) is 11.5 Å². The number of halogens is 4. The molecule has 1 saturated heterocycles. The molecule has 0 amide bonds. The van der Waals surface area contributed by atoms with Crippen molar-refractivity contribution in [2.45, 2.75) is 76.3 Å². The summed E-state index contributed by atoms with van der Waals surface area (Å²) in [5.41, 5.74) is 2.52. The maximum atomic E-state index is 13.0. The molecule has 2 aromatic rings. The summed E-state index contributed by atoms with van der Waals surface area (Å²) in [5.74, 6) is 0.940. The maximum absolute atomic E-state index is 13.0. The molecule has 0 aromatic heterocycles. The Hall–Kier alpha value is -2.26. The molecule has 3 atom stereocenters. The quantitative estimate of drug-likeness (QED) is 0.303. The van der Waals surface area contributed by atoms with Crippen LogP contribution in [-0.2, 0) is 16.0 Å². The molecule has 212 valence electrons. The zero-order valence-corrected chi connectivity index (χ0v) is 24.1. The van der Waals surface area contributed by atoms with Crippen LogP contribution in [-0.4, -0.2) is 43.0 Å². The van der Waals surface area contributed by atoms with Crippen molar-refractivity contribution in [2.24, 2.45) is 11.8 Å². The first-order valence-corrected chi connectivity index (χ1v) is 14.5. The summed E-state index contributed by atoms with van der Waals surface area (Å²) < 4.78 is 55.9. The smallest absolute Gasteiger partial charge is 0.487 e. The van der Waals surface area contributed by atoms with Crippen molar-refractivity contribution in [2.75, 3.05) is 20.2 Å². The number of ether oxygens (including phenoxy) is 3. The van der Waals surface area contributed by atoms with Crippen LogP contribution in [0, 0.1) is 11.8 Å². The van der Waals surface area contributed by atoms with Crippen LogP contribution in [0.5, 0.6) is 11.5 Å². The molecule has 2 aliphatic heterocycles. The Kier molecular flexibility index (Phi) is 7.94. The van der Waals surface area contributed by atoms with E-state index in [1.165, 1.54) is 18.7 Å². The van der Waals surface area contributed by atoms with Crippen LogP contribution in [0.25, 0.3) is 0 Å².